The number of hydrogen-bond donors (Lipinski definition) is 2. The van der Waals surface area contributed by atoms with Crippen LogP contribution in [0.4, 0.5) is 13.2 Å². The van der Waals surface area contributed by atoms with Crippen LogP contribution < -0.4 is 10.5 Å². The summed E-state index contributed by atoms with van der Waals surface area (Å²) >= 11 is 0. The lowest BCUT2D eigenvalue weighted by Crippen LogP contribution is -2.35. The highest BCUT2D eigenvalue weighted by atomic mass is 35.5. The van der Waals surface area contributed by atoms with Crippen LogP contribution in [-0.4, -0.2) is 34.2 Å². The Morgan fingerprint density at radius 1 is 1.46 bits per heavy atom. The summed E-state index contributed by atoms with van der Waals surface area (Å²) in [5.41, 5.74) is 4.76. The summed E-state index contributed by atoms with van der Waals surface area (Å²) in [6.45, 7) is 3.97. The minimum absolute atomic E-state index is 0. The number of hydrogen-bond acceptors (Lipinski definition) is 5. The lowest BCUT2D eigenvalue weighted by Gasteiger charge is -2.21. The third kappa shape index (κ3) is 4.38. The summed E-state index contributed by atoms with van der Waals surface area (Å²) in [6.07, 6.45) is -1.77. The van der Waals surface area contributed by atoms with E-state index in [4.69, 9.17) is 20.4 Å². The molecule has 2 heterocycles. The van der Waals surface area contributed by atoms with Gasteiger partial charge in [0.05, 0.1) is 5.56 Å². The number of likely N-dealkylation sites (tertiary alicyclic amines) is 1. The molecular weight excluding hydrogens is 399 g/mol. The van der Waals surface area contributed by atoms with E-state index in [2.05, 4.69) is 16.7 Å². The first kappa shape index (κ1) is 21.5. The third-order valence-electron chi connectivity index (χ3n) is 4.19. The molecule has 1 fully saturated rings. The average Bonchev–Trinajstić information content (AvgIpc) is 3.27. The first-order chi connectivity index (χ1) is 12.8. The van der Waals surface area contributed by atoms with Crippen molar-refractivity contribution in [2.75, 3.05) is 13.2 Å². The van der Waals surface area contributed by atoms with Gasteiger partial charge in [-0.15, -0.1) is 12.4 Å². The molecule has 0 amide bonds. The van der Waals surface area contributed by atoms with Crippen molar-refractivity contribution < 1.29 is 22.4 Å². The van der Waals surface area contributed by atoms with Crippen LogP contribution in [0.2, 0.25) is 0 Å². The number of nitrogens with zero attached hydrogens (tertiary/aromatic N) is 3. The summed E-state index contributed by atoms with van der Waals surface area (Å²) in [6, 6.07) is 3.22. The average molecular weight is 418 g/mol. The van der Waals surface area contributed by atoms with Gasteiger partial charge in [-0.1, -0.05) is 17.8 Å². The summed E-state index contributed by atoms with van der Waals surface area (Å²) in [7, 11) is 0. The summed E-state index contributed by atoms with van der Waals surface area (Å²) < 4.78 is 50.4. The molecule has 0 bridgehead atoms. The normalized spacial score (nSPS) is 16.5. The topological polar surface area (TPSA) is 101 Å². The number of rotatable bonds is 5. The van der Waals surface area contributed by atoms with Crippen LogP contribution in [0.1, 0.15) is 30.3 Å². The van der Waals surface area contributed by atoms with Crippen LogP contribution in [0.3, 0.4) is 0 Å². The van der Waals surface area contributed by atoms with E-state index in [0.717, 1.165) is 12.5 Å². The number of alkyl halides is 3. The standard InChI is InChI=1S/C17H18F3N5O2.ClH/c1-2-8-26-13-6-5-10(9-11(13)17(18,19)20)14-23-15(27-24-14)12-4-3-7-25(12)16(21)22;/h2,5-6,9,12H,1,3-4,7-8H2,(H3,21,22);1H. The van der Waals surface area contributed by atoms with Gasteiger partial charge in [0, 0.05) is 12.1 Å². The maximum absolute atomic E-state index is 13.3. The van der Waals surface area contributed by atoms with E-state index >= 15 is 0 Å². The Bertz CT molecular complexity index is 856. The number of aromatic nitrogens is 2. The number of nitrogens with two attached hydrogens (primary N) is 1. The number of guanidine groups is 1. The molecule has 0 spiro atoms. The largest absolute Gasteiger partial charge is 0.489 e. The molecule has 2 aromatic rings. The van der Waals surface area contributed by atoms with Crippen molar-refractivity contribution >= 4 is 18.4 Å². The van der Waals surface area contributed by atoms with Crippen LogP contribution in [0.25, 0.3) is 11.4 Å². The molecule has 1 aliphatic rings. The SMILES string of the molecule is C=CCOc1ccc(-c2noc(C3CCCN3C(=N)N)n2)cc1C(F)(F)F.Cl. The van der Waals surface area contributed by atoms with Crippen molar-refractivity contribution in [3.63, 3.8) is 0 Å². The van der Waals surface area contributed by atoms with Gasteiger partial charge in [-0.3, -0.25) is 5.41 Å². The molecule has 28 heavy (non-hydrogen) atoms. The van der Waals surface area contributed by atoms with Crippen molar-refractivity contribution in [3.8, 4) is 17.1 Å². The molecule has 3 rings (SSSR count). The molecule has 11 heteroatoms. The predicted octanol–water partition coefficient (Wildman–Crippen LogP) is 3.77. The molecule has 152 valence electrons. The summed E-state index contributed by atoms with van der Waals surface area (Å²) in [5, 5.41) is 11.4. The van der Waals surface area contributed by atoms with Crippen molar-refractivity contribution in [1.29, 1.82) is 5.41 Å². The minimum Gasteiger partial charge on any atom is -0.489 e. The van der Waals surface area contributed by atoms with Gasteiger partial charge < -0.3 is 19.9 Å². The Labute approximate surface area is 165 Å². The van der Waals surface area contributed by atoms with E-state index in [1.54, 1.807) is 4.90 Å². The molecule has 1 unspecified atom stereocenters. The quantitative estimate of drug-likeness (QED) is 0.436. The monoisotopic (exact) mass is 417 g/mol. The van der Waals surface area contributed by atoms with Crippen molar-refractivity contribution in [3.05, 3.63) is 42.3 Å². The van der Waals surface area contributed by atoms with Crippen molar-refractivity contribution in [1.82, 2.24) is 15.0 Å². The highest BCUT2D eigenvalue weighted by molar-refractivity contribution is 5.85. The summed E-state index contributed by atoms with van der Waals surface area (Å²) in [4.78, 5) is 5.83. The highest BCUT2D eigenvalue weighted by Crippen LogP contribution is 2.39. The molecule has 1 aromatic heterocycles. The van der Waals surface area contributed by atoms with Gasteiger partial charge in [0.2, 0.25) is 11.7 Å². The lowest BCUT2D eigenvalue weighted by atomic mass is 10.1. The Morgan fingerprint density at radius 3 is 2.86 bits per heavy atom. The number of ether oxygens (including phenoxy) is 1. The summed E-state index contributed by atoms with van der Waals surface area (Å²) in [5.74, 6) is -0.159. The Kier molecular flexibility index (Phi) is 6.55. The van der Waals surface area contributed by atoms with Gasteiger partial charge in [-0.2, -0.15) is 18.2 Å². The second-order valence-corrected chi connectivity index (χ2v) is 6.00. The highest BCUT2D eigenvalue weighted by Gasteiger charge is 2.36. The lowest BCUT2D eigenvalue weighted by molar-refractivity contribution is -0.138. The smallest absolute Gasteiger partial charge is 0.419 e. The van der Waals surface area contributed by atoms with Gasteiger partial charge in [0.15, 0.2) is 5.96 Å². The van der Waals surface area contributed by atoms with Crippen LogP contribution in [0.15, 0.2) is 35.4 Å². The second-order valence-electron chi connectivity index (χ2n) is 6.00. The minimum atomic E-state index is -4.60. The van der Waals surface area contributed by atoms with E-state index in [1.807, 2.05) is 0 Å². The molecule has 3 N–H and O–H groups in total. The zero-order valence-corrected chi connectivity index (χ0v) is 15.5. The Hall–Kier alpha value is -2.75. The Morgan fingerprint density at radius 2 is 2.21 bits per heavy atom. The molecule has 1 atom stereocenters. The van der Waals surface area contributed by atoms with Gasteiger partial charge >= 0.3 is 6.18 Å². The van der Waals surface area contributed by atoms with E-state index in [-0.39, 0.29) is 54.0 Å². The van der Waals surface area contributed by atoms with E-state index in [1.165, 1.54) is 18.2 Å². The third-order valence-corrected chi connectivity index (χ3v) is 4.19. The first-order valence-electron chi connectivity index (χ1n) is 8.21. The van der Waals surface area contributed by atoms with E-state index < -0.39 is 11.7 Å². The number of nitrogens with one attached hydrogen (secondary N) is 1. The van der Waals surface area contributed by atoms with E-state index in [0.29, 0.717) is 13.0 Å². The molecule has 0 aliphatic carbocycles. The molecule has 7 nitrogen and oxygen atoms in total. The maximum atomic E-state index is 13.3. The molecule has 1 aliphatic heterocycles. The fourth-order valence-electron chi connectivity index (χ4n) is 2.96. The van der Waals surface area contributed by atoms with Crippen LogP contribution in [0.5, 0.6) is 5.75 Å². The van der Waals surface area contributed by atoms with Gasteiger partial charge in [-0.25, -0.2) is 0 Å². The van der Waals surface area contributed by atoms with E-state index in [9.17, 15) is 13.2 Å². The fourth-order valence-corrected chi connectivity index (χ4v) is 2.96. The zero-order chi connectivity index (χ0) is 19.6. The molecular formula is C17H19ClF3N5O2. The molecule has 0 saturated carbocycles. The van der Waals surface area contributed by atoms with Crippen LogP contribution in [-0.2, 0) is 6.18 Å². The predicted molar refractivity (Wildman–Crippen MR) is 98.3 cm³/mol. The first-order valence-corrected chi connectivity index (χ1v) is 8.21. The number of benzene rings is 1. The fraction of sp³-hybridized carbons (Fsp3) is 0.353. The van der Waals surface area contributed by atoms with Crippen molar-refractivity contribution in [2.45, 2.75) is 25.1 Å². The van der Waals surface area contributed by atoms with Crippen LogP contribution in [0, 0.1) is 5.41 Å². The van der Waals surface area contributed by atoms with Gasteiger partial charge in [0.25, 0.3) is 0 Å². The van der Waals surface area contributed by atoms with Gasteiger partial charge in [0.1, 0.15) is 18.4 Å². The molecule has 1 saturated heterocycles. The second kappa shape index (κ2) is 8.51. The maximum Gasteiger partial charge on any atom is 0.419 e. The van der Waals surface area contributed by atoms with Crippen molar-refractivity contribution in [2.24, 2.45) is 5.73 Å². The molecule has 0 radical (unpaired) electrons. The zero-order valence-electron chi connectivity index (χ0n) is 14.7. The number of halogens is 4. The Balaban J connectivity index is 0.00000280. The van der Waals surface area contributed by atoms with Gasteiger partial charge in [-0.05, 0) is 31.0 Å². The van der Waals surface area contributed by atoms with Crippen LogP contribution >= 0.6 is 12.4 Å². The molecule has 1 aromatic carbocycles.